The smallest absolute Gasteiger partial charge is 0.230 e. The van der Waals surface area contributed by atoms with Gasteiger partial charge in [0.1, 0.15) is 6.33 Å². The van der Waals surface area contributed by atoms with Crippen LogP contribution in [0.3, 0.4) is 0 Å². The summed E-state index contributed by atoms with van der Waals surface area (Å²) in [7, 11) is 0. The first-order valence-electron chi connectivity index (χ1n) is 9.45. The zero-order valence-electron chi connectivity index (χ0n) is 15.1. The van der Waals surface area contributed by atoms with Crippen LogP contribution in [-0.4, -0.2) is 57.9 Å². The molecule has 0 radical (unpaired) electrons. The Hall–Kier alpha value is -2.74. The van der Waals surface area contributed by atoms with E-state index in [9.17, 15) is 0 Å². The van der Waals surface area contributed by atoms with Crippen LogP contribution in [0.2, 0.25) is 0 Å². The maximum atomic E-state index is 5.96. The van der Waals surface area contributed by atoms with Crippen molar-refractivity contribution in [2.75, 3.05) is 37.7 Å². The minimum absolute atomic E-state index is 0.670. The molecule has 1 aliphatic carbocycles. The van der Waals surface area contributed by atoms with Gasteiger partial charge in [0, 0.05) is 31.9 Å². The molecule has 1 saturated carbocycles. The molecule has 3 aromatic rings. The van der Waals surface area contributed by atoms with Gasteiger partial charge in [0.05, 0.1) is 24.1 Å². The molecule has 27 heavy (non-hydrogen) atoms. The zero-order chi connectivity index (χ0) is 18.1. The van der Waals surface area contributed by atoms with Crippen molar-refractivity contribution in [3.8, 4) is 5.88 Å². The second kappa shape index (κ2) is 7.11. The summed E-state index contributed by atoms with van der Waals surface area (Å²) in [6.45, 7) is 5.27. The predicted octanol–water partition coefficient (Wildman–Crippen LogP) is 2.12. The van der Waals surface area contributed by atoms with Crippen molar-refractivity contribution in [3.63, 3.8) is 0 Å². The van der Waals surface area contributed by atoms with E-state index in [0.717, 1.165) is 43.7 Å². The lowest BCUT2D eigenvalue weighted by molar-refractivity contribution is 0.226. The Bertz CT molecular complexity index is 904. The monoisotopic (exact) mass is 366 g/mol. The van der Waals surface area contributed by atoms with E-state index in [1.807, 2.05) is 0 Å². The number of piperazine rings is 1. The molecule has 8 nitrogen and oxygen atoms in total. The molecule has 0 bridgehead atoms. The van der Waals surface area contributed by atoms with E-state index in [1.165, 1.54) is 24.9 Å². The van der Waals surface area contributed by atoms with Crippen LogP contribution in [0, 0.1) is 5.92 Å². The van der Waals surface area contributed by atoms with Gasteiger partial charge in [-0.1, -0.05) is 0 Å². The molecule has 0 spiro atoms. The Morgan fingerprint density at radius 2 is 2.00 bits per heavy atom. The molecular weight excluding hydrogens is 344 g/mol. The summed E-state index contributed by atoms with van der Waals surface area (Å²) in [6.07, 6.45) is 5.50. The second-order valence-electron chi connectivity index (χ2n) is 7.23. The quantitative estimate of drug-likeness (QED) is 0.656. The van der Waals surface area contributed by atoms with E-state index in [-0.39, 0.29) is 0 Å². The number of ether oxygens (including phenoxy) is 1. The summed E-state index contributed by atoms with van der Waals surface area (Å²) in [4.78, 5) is 13.5. The first-order chi connectivity index (χ1) is 13.3. The van der Waals surface area contributed by atoms with Crippen LogP contribution in [-0.2, 0) is 6.54 Å². The Kier molecular flexibility index (Phi) is 4.33. The van der Waals surface area contributed by atoms with Crippen molar-refractivity contribution in [1.29, 1.82) is 0 Å². The SMILES string of the molecule is c1nc(OCC2CC2)c2cc(N3CCN(Cc4nnco4)CC3)ccc2n1. The van der Waals surface area contributed by atoms with Gasteiger partial charge in [-0.15, -0.1) is 10.2 Å². The molecule has 2 aromatic heterocycles. The third kappa shape index (κ3) is 3.71. The molecule has 1 aliphatic heterocycles. The van der Waals surface area contributed by atoms with Crippen molar-refractivity contribution < 1.29 is 9.15 Å². The number of aromatic nitrogens is 4. The van der Waals surface area contributed by atoms with E-state index in [1.54, 1.807) is 6.33 Å². The van der Waals surface area contributed by atoms with Gasteiger partial charge < -0.3 is 14.1 Å². The average molecular weight is 366 g/mol. The number of fused-ring (bicyclic) bond motifs is 1. The molecule has 3 heterocycles. The first-order valence-corrected chi connectivity index (χ1v) is 9.45. The third-order valence-corrected chi connectivity index (χ3v) is 5.24. The van der Waals surface area contributed by atoms with Gasteiger partial charge in [0.25, 0.3) is 0 Å². The van der Waals surface area contributed by atoms with E-state index >= 15 is 0 Å². The Labute approximate surface area is 157 Å². The summed E-state index contributed by atoms with van der Waals surface area (Å²) in [5, 5.41) is 8.70. The number of benzene rings is 1. The normalized spacial score (nSPS) is 18.1. The minimum atomic E-state index is 0.670. The summed E-state index contributed by atoms with van der Waals surface area (Å²) in [5.74, 6) is 2.07. The molecule has 0 atom stereocenters. The first kappa shape index (κ1) is 16.4. The van der Waals surface area contributed by atoms with Crippen LogP contribution < -0.4 is 9.64 Å². The van der Waals surface area contributed by atoms with Gasteiger partial charge in [-0.25, -0.2) is 9.97 Å². The molecule has 5 rings (SSSR count). The second-order valence-corrected chi connectivity index (χ2v) is 7.23. The number of nitrogens with zero attached hydrogens (tertiary/aromatic N) is 6. The van der Waals surface area contributed by atoms with Crippen molar-refractivity contribution >= 4 is 16.6 Å². The fourth-order valence-corrected chi connectivity index (χ4v) is 3.43. The molecule has 1 saturated heterocycles. The minimum Gasteiger partial charge on any atom is -0.477 e. The highest BCUT2D eigenvalue weighted by Crippen LogP contribution is 2.32. The highest BCUT2D eigenvalue weighted by molar-refractivity contribution is 5.86. The molecule has 2 fully saturated rings. The molecule has 8 heteroatoms. The Morgan fingerprint density at radius 3 is 2.78 bits per heavy atom. The fraction of sp³-hybridized carbons (Fsp3) is 0.474. The standard InChI is InChI=1S/C19H22N6O2/c1-2-14(1)11-26-19-16-9-15(3-4-17(16)20-12-21-19)25-7-5-24(6-8-25)10-18-23-22-13-27-18/h3-4,9,12-14H,1-2,5-8,10-11H2. The van der Waals surface area contributed by atoms with Gasteiger partial charge in [0.2, 0.25) is 18.2 Å². The molecular formula is C19H22N6O2. The highest BCUT2D eigenvalue weighted by Gasteiger charge is 2.23. The van der Waals surface area contributed by atoms with Crippen molar-refractivity contribution in [1.82, 2.24) is 25.1 Å². The summed E-state index contributed by atoms with van der Waals surface area (Å²) in [6, 6.07) is 6.35. The maximum Gasteiger partial charge on any atom is 0.230 e. The van der Waals surface area contributed by atoms with Crippen LogP contribution in [0.1, 0.15) is 18.7 Å². The number of hydrogen-bond donors (Lipinski definition) is 0. The largest absolute Gasteiger partial charge is 0.477 e. The van der Waals surface area contributed by atoms with Gasteiger partial charge in [-0.05, 0) is 37.0 Å². The Morgan fingerprint density at radius 1 is 1.11 bits per heavy atom. The maximum absolute atomic E-state index is 5.96. The topological polar surface area (TPSA) is 80.4 Å². The van der Waals surface area contributed by atoms with E-state index in [0.29, 0.717) is 24.2 Å². The molecule has 0 N–H and O–H groups in total. The average Bonchev–Trinajstić information content (AvgIpc) is 3.41. The van der Waals surface area contributed by atoms with Crippen molar-refractivity contribution in [2.24, 2.45) is 5.92 Å². The molecule has 0 unspecified atom stereocenters. The highest BCUT2D eigenvalue weighted by atomic mass is 16.5. The third-order valence-electron chi connectivity index (χ3n) is 5.24. The van der Waals surface area contributed by atoms with Crippen LogP contribution >= 0.6 is 0 Å². The summed E-state index contributed by atoms with van der Waals surface area (Å²) >= 11 is 0. The number of rotatable bonds is 6. The Balaban J connectivity index is 1.29. The van der Waals surface area contributed by atoms with E-state index in [4.69, 9.17) is 9.15 Å². The molecule has 140 valence electrons. The lowest BCUT2D eigenvalue weighted by Gasteiger charge is -2.35. The van der Waals surface area contributed by atoms with Crippen LogP contribution in [0.4, 0.5) is 5.69 Å². The lowest BCUT2D eigenvalue weighted by atomic mass is 10.2. The van der Waals surface area contributed by atoms with Crippen LogP contribution in [0.25, 0.3) is 10.9 Å². The van der Waals surface area contributed by atoms with Crippen molar-refractivity contribution in [2.45, 2.75) is 19.4 Å². The van der Waals surface area contributed by atoms with Gasteiger partial charge in [0.15, 0.2) is 0 Å². The summed E-state index contributed by atoms with van der Waals surface area (Å²) < 4.78 is 11.2. The lowest BCUT2D eigenvalue weighted by Crippen LogP contribution is -2.46. The van der Waals surface area contributed by atoms with Crippen molar-refractivity contribution in [3.05, 3.63) is 36.8 Å². The number of hydrogen-bond acceptors (Lipinski definition) is 8. The fourth-order valence-electron chi connectivity index (χ4n) is 3.43. The van der Waals surface area contributed by atoms with E-state index < -0.39 is 0 Å². The molecule has 0 amide bonds. The number of anilines is 1. The van der Waals surface area contributed by atoms with E-state index in [2.05, 4.69) is 48.2 Å². The van der Waals surface area contributed by atoms with Crippen LogP contribution in [0.5, 0.6) is 5.88 Å². The molecule has 1 aromatic carbocycles. The zero-order valence-corrected chi connectivity index (χ0v) is 15.1. The predicted molar refractivity (Wildman–Crippen MR) is 99.5 cm³/mol. The molecule has 2 aliphatic rings. The van der Waals surface area contributed by atoms with Crippen LogP contribution in [0.15, 0.2) is 35.3 Å². The summed E-state index contributed by atoms with van der Waals surface area (Å²) in [5.41, 5.74) is 2.11. The van der Waals surface area contributed by atoms with Gasteiger partial charge >= 0.3 is 0 Å². The van der Waals surface area contributed by atoms with Gasteiger partial charge in [-0.2, -0.15) is 0 Å². The van der Waals surface area contributed by atoms with Gasteiger partial charge in [-0.3, -0.25) is 4.90 Å².